The number of unbranched alkanes of at least 4 members (excludes halogenated alkanes) is 5. The van der Waals surface area contributed by atoms with E-state index in [9.17, 15) is 8.42 Å². The van der Waals surface area contributed by atoms with Gasteiger partial charge in [-0.1, -0.05) is 25.7 Å². The highest BCUT2D eigenvalue weighted by Crippen LogP contribution is 2.24. The summed E-state index contributed by atoms with van der Waals surface area (Å²) in [6, 6.07) is 0. The van der Waals surface area contributed by atoms with Crippen LogP contribution in [-0.2, 0) is 9.84 Å². The molecule has 20 heavy (non-hydrogen) atoms. The summed E-state index contributed by atoms with van der Waals surface area (Å²) >= 11 is 11.3. The van der Waals surface area contributed by atoms with E-state index < -0.39 is 15.4 Å². The van der Waals surface area contributed by atoms with Gasteiger partial charge < -0.3 is 5.11 Å². The van der Waals surface area contributed by atoms with Gasteiger partial charge in [-0.25, -0.2) is 8.42 Å². The summed E-state index contributed by atoms with van der Waals surface area (Å²) in [4.78, 5) is 0. The molecular formula is C13H27Cl2NO3S. The molecule has 122 valence electrons. The molecular weight excluding hydrogens is 321 g/mol. The van der Waals surface area contributed by atoms with E-state index in [1.165, 1.54) is 0 Å². The molecule has 0 heterocycles. The molecule has 0 fully saturated rings. The van der Waals surface area contributed by atoms with Crippen LogP contribution in [-0.4, -0.2) is 41.1 Å². The van der Waals surface area contributed by atoms with Gasteiger partial charge in [0.2, 0.25) is 0 Å². The number of aliphatic hydroxyl groups excluding tert-OH is 1. The lowest BCUT2D eigenvalue weighted by atomic mass is 10.0. The Balaban J connectivity index is 3.81. The van der Waals surface area contributed by atoms with Crippen LogP contribution in [0.2, 0.25) is 0 Å². The van der Waals surface area contributed by atoms with Gasteiger partial charge in [0.05, 0.1) is 11.5 Å². The average Bonchev–Trinajstić information content (AvgIpc) is 2.35. The van der Waals surface area contributed by atoms with E-state index in [0.29, 0.717) is 12.8 Å². The van der Waals surface area contributed by atoms with Gasteiger partial charge in [0.15, 0.2) is 0 Å². The normalized spacial score (nSPS) is 13.1. The highest BCUT2D eigenvalue weighted by molar-refractivity contribution is 7.91. The Morgan fingerprint density at radius 2 is 1.45 bits per heavy atom. The molecule has 0 aromatic rings. The fraction of sp³-hybridized carbons (Fsp3) is 1.00. The van der Waals surface area contributed by atoms with Crippen LogP contribution in [0.3, 0.4) is 0 Å². The lowest BCUT2D eigenvalue weighted by Crippen LogP contribution is -2.33. The number of rotatable bonds is 12. The molecule has 0 bridgehead atoms. The van der Waals surface area contributed by atoms with E-state index in [1.807, 2.05) is 13.8 Å². The van der Waals surface area contributed by atoms with E-state index in [1.54, 1.807) is 0 Å². The molecule has 4 nitrogen and oxygen atoms in total. The lowest BCUT2D eigenvalue weighted by Gasteiger charge is -2.27. The predicted molar refractivity (Wildman–Crippen MR) is 85.7 cm³/mol. The van der Waals surface area contributed by atoms with Crippen molar-refractivity contribution < 1.29 is 13.5 Å². The Hall–Kier alpha value is 0.450. The molecule has 0 amide bonds. The fourth-order valence-electron chi connectivity index (χ4n) is 1.73. The second-order valence-electron chi connectivity index (χ2n) is 5.79. The van der Waals surface area contributed by atoms with Gasteiger partial charge in [-0.15, -0.1) is 3.94 Å². The van der Waals surface area contributed by atoms with Crippen LogP contribution in [0.25, 0.3) is 0 Å². The van der Waals surface area contributed by atoms with Crippen LogP contribution in [0.1, 0.15) is 58.8 Å². The minimum absolute atomic E-state index is 0.112. The monoisotopic (exact) mass is 347 g/mol. The van der Waals surface area contributed by atoms with Gasteiger partial charge in [-0.2, -0.15) is 0 Å². The molecule has 0 saturated heterocycles. The second-order valence-corrected chi connectivity index (χ2v) is 8.94. The lowest BCUT2D eigenvalue weighted by molar-refractivity contribution is 0.282. The van der Waals surface area contributed by atoms with Crippen LogP contribution < -0.4 is 0 Å². The topological polar surface area (TPSA) is 57.6 Å². The van der Waals surface area contributed by atoms with Gasteiger partial charge in [0.25, 0.3) is 0 Å². The summed E-state index contributed by atoms with van der Waals surface area (Å²) in [6.45, 7) is 3.86. The summed E-state index contributed by atoms with van der Waals surface area (Å²) in [7, 11) is -3.03. The maximum atomic E-state index is 11.9. The summed E-state index contributed by atoms with van der Waals surface area (Å²) in [5.74, 6) is 0.341. The molecule has 0 aliphatic rings. The molecule has 0 unspecified atom stereocenters. The zero-order valence-corrected chi connectivity index (χ0v) is 14.8. The first kappa shape index (κ1) is 20.5. The molecule has 0 aromatic heterocycles. The largest absolute Gasteiger partial charge is 0.396 e. The highest BCUT2D eigenvalue weighted by atomic mass is 35.5. The standard InChI is InChI=1S/C13H27Cl2NO3S/c1-13(2,16(14)15)9-12-20(18,19)11-8-6-4-3-5-7-10-17/h17H,3-12H2,1-2H3. The maximum Gasteiger partial charge on any atom is 0.150 e. The van der Waals surface area contributed by atoms with Crippen molar-refractivity contribution in [2.45, 2.75) is 64.3 Å². The van der Waals surface area contributed by atoms with Crippen molar-refractivity contribution in [2.24, 2.45) is 0 Å². The van der Waals surface area contributed by atoms with E-state index in [2.05, 4.69) is 0 Å². The average molecular weight is 348 g/mol. The number of hydrogen-bond donors (Lipinski definition) is 1. The van der Waals surface area contributed by atoms with Crippen LogP contribution >= 0.6 is 23.6 Å². The maximum absolute atomic E-state index is 11.9. The molecule has 0 aromatic carbocycles. The third-order valence-corrected chi connectivity index (χ3v) is 6.00. The highest BCUT2D eigenvalue weighted by Gasteiger charge is 2.26. The van der Waals surface area contributed by atoms with E-state index in [0.717, 1.165) is 36.0 Å². The molecule has 0 aliphatic heterocycles. The van der Waals surface area contributed by atoms with Crippen LogP contribution in [0.15, 0.2) is 0 Å². The van der Waals surface area contributed by atoms with Crippen molar-refractivity contribution in [1.29, 1.82) is 0 Å². The number of aliphatic hydroxyl groups is 1. The molecule has 7 heteroatoms. The van der Waals surface area contributed by atoms with E-state index in [4.69, 9.17) is 28.7 Å². The first-order valence-electron chi connectivity index (χ1n) is 7.14. The zero-order valence-electron chi connectivity index (χ0n) is 12.4. The Morgan fingerprint density at radius 3 is 1.95 bits per heavy atom. The number of hydrogen-bond acceptors (Lipinski definition) is 4. The third-order valence-electron chi connectivity index (χ3n) is 3.35. The van der Waals surface area contributed by atoms with Gasteiger partial charge >= 0.3 is 0 Å². The van der Waals surface area contributed by atoms with Crippen molar-refractivity contribution in [3.05, 3.63) is 0 Å². The van der Waals surface area contributed by atoms with Gasteiger partial charge in [0, 0.05) is 12.1 Å². The van der Waals surface area contributed by atoms with Crippen molar-refractivity contribution >= 4 is 33.4 Å². The SMILES string of the molecule is CC(C)(CCS(=O)(=O)CCCCCCCCO)N(Cl)Cl. The Kier molecular flexibility index (Phi) is 10.5. The Bertz CT molecular complexity index is 346. The predicted octanol–water partition coefficient (Wildman–Crippen LogP) is 3.51. The molecule has 0 spiro atoms. The summed E-state index contributed by atoms with van der Waals surface area (Å²) < 4.78 is 24.8. The fourth-order valence-corrected chi connectivity index (χ4v) is 3.56. The second kappa shape index (κ2) is 10.2. The van der Waals surface area contributed by atoms with Crippen molar-refractivity contribution in [3.63, 3.8) is 0 Å². The summed E-state index contributed by atoms with van der Waals surface area (Å²) in [5, 5.41) is 8.64. The summed E-state index contributed by atoms with van der Waals surface area (Å²) in [6.07, 6.45) is 5.97. The minimum atomic E-state index is -3.03. The van der Waals surface area contributed by atoms with Crippen LogP contribution in [0, 0.1) is 0 Å². The Morgan fingerprint density at radius 1 is 0.950 bits per heavy atom. The van der Waals surface area contributed by atoms with E-state index >= 15 is 0 Å². The van der Waals surface area contributed by atoms with Gasteiger partial charge in [-0.05, 0) is 56.7 Å². The molecule has 0 rings (SSSR count). The quantitative estimate of drug-likeness (QED) is 0.433. The van der Waals surface area contributed by atoms with Crippen molar-refractivity contribution in [3.8, 4) is 0 Å². The molecule has 0 atom stereocenters. The zero-order chi connectivity index (χ0) is 15.6. The van der Waals surface area contributed by atoms with Crippen molar-refractivity contribution in [1.82, 2.24) is 3.94 Å². The Labute approximate surface area is 133 Å². The molecule has 1 N–H and O–H groups in total. The minimum Gasteiger partial charge on any atom is -0.396 e. The first-order valence-corrected chi connectivity index (χ1v) is 9.64. The number of halogens is 2. The van der Waals surface area contributed by atoms with Crippen molar-refractivity contribution in [2.75, 3.05) is 18.1 Å². The number of sulfone groups is 1. The number of nitrogens with zero attached hydrogens (tertiary/aromatic N) is 1. The first-order chi connectivity index (χ1) is 9.21. The molecule has 0 radical (unpaired) electrons. The molecule has 0 aliphatic carbocycles. The van der Waals surface area contributed by atoms with Crippen LogP contribution in [0.5, 0.6) is 0 Å². The third kappa shape index (κ3) is 10.2. The van der Waals surface area contributed by atoms with E-state index in [-0.39, 0.29) is 18.1 Å². The summed E-state index contributed by atoms with van der Waals surface area (Å²) in [5.41, 5.74) is -0.541. The smallest absolute Gasteiger partial charge is 0.150 e. The molecule has 0 saturated carbocycles. The van der Waals surface area contributed by atoms with Crippen LogP contribution in [0.4, 0.5) is 0 Å². The van der Waals surface area contributed by atoms with Gasteiger partial charge in [0.1, 0.15) is 9.84 Å². The van der Waals surface area contributed by atoms with Gasteiger partial charge in [-0.3, -0.25) is 0 Å².